The zero-order chi connectivity index (χ0) is 15.0. The molecule has 116 valence electrons. The zero-order valence-corrected chi connectivity index (χ0v) is 13.1. The maximum atomic E-state index is 11.4. The van der Waals surface area contributed by atoms with Crippen molar-refractivity contribution >= 4 is 33.6 Å². The molecule has 2 aromatic heterocycles. The highest BCUT2D eigenvalue weighted by Gasteiger charge is 2.15. The second-order valence-corrected chi connectivity index (χ2v) is 5.93. The molecule has 1 aromatic carbocycles. The molecule has 0 atom stereocenters. The van der Waals surface area contributed by atoms with Gasteiger partial charge in [-0.25, -0.2) is 23.5 Å². The summed E-state index contributed by atoms with van der Waals surface area (Å²) in [5, 5.41) is 5.11. The van der Waals surface area contributed by atoms with E-state index in [9.17, 15) is 8.42 Å². The Bertz CT molecular complexity index is 891. The van der Waals surface area contributed by atoms with E-state index in [1.165, 1.54) is 19.2 Å². The lowest BCUT2D eigenvalue weighted by Gasteiger charge is -2.07. The molecule has 0 aliphatic rings. The summed E-state index contributed by atoms with van der Waals surface area (Å²) < 4.78 is 28.0. The van der Waals surface area contributed by atoms with Crippen molar-refractivity contribution in [1.82, 2.24) is 15.0 Å². The maximum absolute atomic E-state index is 11.4. The van der Waals surface area contributed by atoms with Crippen LogP contribution in [0.5, 0.6) is 5.75 Å². The lowest BCUT2D eigenvalue weighted by molar-refractivity contribution is 0.415. The molecule has 0 bridgehead atoms. The number of primary sulfonamides is 1. The van der Waals surface area contributed by atoms with Crippen molar-refractivity contribution < 1.29 is 13.2 Å². The third-order valence-corrected chi connectivity index (χ3v) is 3.93. The molecule has 22 heavy (non-hydrogen) atoms. The summed E-state index contributed by atoms with van der Waals surface area (Å²) in [5.74, 6) is 0.905. The molecule has 0 saturated heterocycles. The standard InChI is InChI=1S/C13H12N4O3S.ClH/c1-20-11-7-8(21(14,18)19)4-5-9(11)12-16-10-3-2-6-15-13(10)17-12;/h2-7H,1H3,(H2,14,18,19)(H,15,16,17);1H. The van der Waals surface area contributed by atoms with Gasteiger partial charge in [-0.05, 0) is 24.3 Å². The van der Waals surface area contributed by atoms with Gasteiger partial charge >= 0.3 is 0 Å². The lowest BCUT2D eigenvalue weighted by Crippen LogP contribution is -2.12. The zero-order valence-electron chi connectivity index (χ0n) is 11.5. The number of rotatable bonds is 3. The second kappa shape index (κ2) is 5.91. The molecule has 0 aliphatic heterocycles. The van der Waals surface area contributed by atoms with Crippen molar-refractivity contribution in [3.63, 3.8) is 0 Å². The number of hydrogen-bond acceptors (Lipinski definition) is 5. The van der Waals surface area contributed by atoms with Gasteiger partial charge in [0.2, 0.25) is 10.0 Å². The minimum Gasteiger partial charge on any atom is -0.496 e. The molecule has 0 aliphatic carbocycles. The van der Waals surface area contributed by atoms with E-state index in [0.717, 1.165) is 5.52 Å². The first-order chi connectivity index (χ1) is 9.99. The topological polar surface area (TPSA) is 111 Å². The monoisotopic (exact) mass is 340 g/mol. The number of halogens is 1. The summed E-state index contributed by atoms with van der Waals surface area (Å²) in [4.78, 5) is 11.6. The Morgan fingerprint density at radius 3 is 2.68 bits per heavy atom. The fraction of sp³-hybridized carbons (Fsp3) is 0.0769. The molecule has 0 unspecified atom stereocenters. The number of methoxy groups -OCH3 is 1. The van der Waals surface area contributed by atoms with Crippen LogP contribution in [0.2, 0.25) is 0 Å². The van der Waals surface area contributed by atoms with Gasteiger partial charge in [0.1, 0.15) is 11.6 Å². The number of pyridine rings is 1. The highest BCUT2D eigenvalue weighted by atomic mass is 35.5. The SMILES string of the molecule is COc1cc(S(N)(=O)=O)ccc1-c1nc2ncccc2[nH]1.Cl. The van der Waals surface area contributed by atoms with Gasteiger partial charge in [-0.1, -0.05) is 0 Å². The fourth-order valence-corrected chi connectivity index (χ4v) is 2.55. The van der Waals surface area contributed by atoms with Gasteiger partial charge in [0, 0.05) is 12.3 Å². The Morgan fingerprint density at radius 1 is 1.27 bits per heavy atom. The van der Waals surface area contributed by atoms with Crippen LogP contribution in [0.4, 0.5) is 0 Å². The third-order valence-electron chi connectivity index (χ3n) is 3.01. The minimum absolute atomic E-state index is 0. The van der Waals surface area contributed by atoms with Gasteiger partial charge in [0.25, 0.3) is 0 Å². The Morgan fingerprint density at radius 2 is 2.05 bits per heavy atom. The van der Waals surface area contributed by atoms with E-state index in [1.54, 1.807) is 18.3 Å². The summed E-state index contributed by atoms with van der Waals surface area (Å²) in [6.07, 6.45) is 1.65. The molecule has 0 saturated carbocycles. The summed E-state index contributed by atoms with van der Waals surface area (Å²) in [6, 6.07) is 8.02. The molecule has 0 spiro atoms. The van der Waals surface area contributed by atoms with Crippen molar-refractivity contribution in [3.8, 4) is 17.1 Å². The number of nitrogens with one attached hydrogen (secondary N) is 1. The number of imidazole rings is 1. The van der Waals surface area contributed by atoms with Crippen molar-refractivity contribution in [2.75, 3.05) is 7.11 Å². The number of aromatic nitrogens is 3. The Hall–Kier alpha value is -2.16. The van der Waals surface area contributed by atoms with Gasteiger partial charge in [-0.2, -0.15) is 0 Å². The average Bonchev–Trinajstić information content (AvgIpc) is 2.89. The molecule has 7 nitrogen and oxygen atoms in total. The number of H-pyrrole nitrogens is 1. The average molecular weight is 341 g/mol. The second-order valence-electron chi connectivity index (χ2n) is 4.37. The molecular weight excluding hydrogens is 328 g/mol. The normalized spacial score (nSPS) is 11.2. The van der Waals surface area contributed by atoms with Crippen LogP contribution in [0, 0.1) is 0 Å². The molecule has 0 fully saturated rings. The van der Waals surface area contributed by atoms with Crippen LogP contribution in [0.25, 0.3) is 22.6 Å². The number of sulfonamides is 1. The Labute approximate surface area is 133 Å². The molecular formula is C13H13ClN4O3S. The van der Waals surface area contributed by atoms with Crippen LogP contribution >= 0.6 is 12.4 Å². The third kappa shape index (κ3) is 2.89. The first kappa shape index (κ1) is 16.2. The number of ether oxygens (including phenoxy) is 1. The van der Waals surface area contributed by atoms with Crippen LogP contribution < -0.4 is 9.88 Å². The van der Waals surface area contributed by atoms with Gasteiger partial charge in [-0.3, -0.25) is 0 Å². The van der Waals surface area contributed by atoms with Crippen LogP contribution in [0.1, 0.15) is 0 Å². The molecule has 3 aromatic rings. The van der Waals surface area contributed by atoms with E-state index >= 15 is 0 Å². The molecule has 0 amide bonds. The van der Waals surface area contributed by atoms with E-state index in [0.29, 0.717) is 22.8 Å². The maximum Gasteiger partial charge on any atom is 0.238 e. The van der Waals surface area contributed by atoms with E-state index in [4.69, 9.17) is 9.88 Å². The minimum atomic E-state index is -3.78. The van der Waals surface area contributed by atoms with Gasteiger partial charge in [0.15, 0.2) is 5.65 Å². The largest absolute Gasteiger partial charge is 0.496 e. The number of fused-ring (bicyclic) bond motifs is 1. The highest BCUT2D eigenvalue weighted by molar-refractivity contribution is 7.89. The summed E-state index contributed by atoms with van der Waals surface area (Å²) in [7, 11) is -2.33. The first-order valence-corrected chi connectivity index (χ1v) is 7.55. The number of benzene rings is 1. The summed E-state index contributed by atoms with van der Waals surface area (Å²) in [5.41, 5.74) is 1.98. The predicted octanol–water partition coefficient (Wildman–Crippen LogP) is 1.70. The number of hydrogen-bond donors (Lipinski definition) is 2. The van der Waals surface area contributed by atoms with Gasteiger partial charge in [0.05, 0.1) is 23.1 Å². The molecule has 9 heteroatoms. The van der Waals surface area contributed by atoms with Crippen molar-refractivity contribution in [2.45, 2.75) is 4.90 Å². The van der Waals surface area contributed by atoms with Crippen LogP contribution in [0.15, 0.2) is 41.4 Å². The van der Waals surface area contributed by atoms with Gasteiger partial charge in [-0.15, -0.1) is 12.4 Å². The summed E-state index contributed by atoms with van der Waals surface area (Å²) in [6.45, 7) is 0. The fourth-order valence-electron chi connectivity index (χ4n) is 2.02. The number of nitrogens with zero attached hydrogens (tertiary/aromatic N) is 2. The molecule has 0 radical (unpaired) electrons. The molecule has 3 N–H and O–H groups in total. The predicted molar refractivity (Wildman–Crippen MR) is 84.5 cm³/mol. The first-order valence-electron chi connectivity index (χ1n) is 6.01. The van der Waals surface area contributed by atoms with E-state index < -0.39 is 10.0 Å². The van der Waals surface area contributed by atoms with Crippen molar-refractivity contribution in [3.05, 3.63) is 36.5 Å². The van der Waals surface area contributed by atoms with Crippen LogP contribution in [-0.4, -0.2) is 30.5 Å². The van der Waals surface area contributed by atoms with Crippen molar-refractivity contribution in [2.24, 2.45) is 5.14 Å². The smallest absolute Gasteiger partial charge is 0.238 e. The Kier molecular flexibility index (Phi) is 4.36. The Balaban J connectivity index is 0.00000176. The van der Waals surface area contributed by atoms with Gasteiger partial charge < -0.3 is 9.72 Å². The van der Waals surface area contributed by atoms with Crippen molar-refractivity contribution in [1.29, 1.82) is 0 Å². The van der Waals surface area contributed by atoms with Crippen LogP contribution in [0.3, 0.4) is 0 Å². The summed E-state index contributed by atoms with van der Waals surface area (Å²) >= 11 is 0. The van der Waals surface area contributed by atoms with E-state index in [-0.39, 0.29) is 17.3 Å². The molecule has 3 rings (SSSR count). The quantitative estimate of drug-likeness (QED) is 0.753. The highest BCUT2D eigenvalue weighted by Crippen LogP contribution is 2.31. The molecule has 2 heterocycles. The number of aromatic amines is 1. The van der Waals surface area contributed by atoms with E-state index in [1.807, 2.05) is 6.07 Å². The lowest BCUT2D eigenvalue weighted by atomic mass is 10.2. The van der Waals surface area contributed by atoms with Crippen LogP contribution in [-0.2, 0) is 10.0 Å². The van der Waals surface area contributed by atoms with E-state index in [2.05, 4.69) is 15.0 Å². The number of nitrogens with two attached hydrogens (primary N) is 1.